The van der Waals surface area contributed by atoms with Crippen molar-refractivity contribution in [3.8, 4) is 0 Å². The van der Waals surface area contributed by atoms with Crippen LogP contribution in [-0.2, 0) is 9.59 Å². The maximum absolute atomic E-state index is 12.2. The summed E-state index contributed by atoms with van der Waals surface area (Å²) in [4.78, 5) is 23.9. The molecule has 96 valence electrons. The lowest BCUT2D eigenvalue weighted by Crippen LogP contribution is -2.49. The monoisotopic (exact) mass is 238 g/mol. The first-order chi connectivity index (χ1) is 8.12. The van der Waals surface area contributed by atoms with E-state index in [2.05, 4.69) is 10.6 Å². The predicted octanol–water partition coefficient (Wildman–Crippen LogP) is 1.35. The molecule has 1 heterocycles. The molecule has 1 saturated carbocycles. The highest BCUT2D eigenvalue weighted by Gasteiger charge is 2.38. The van der Waals surface area contributed by atoms with Crippen molar-refractivity contribution in [1.82, 2.24) is 10.6 Å². The molecule has 1 saturated heterocycles. The quantitative estimate of drug-likeness (QED) is 0.763. The van der Waals surface area contributed by atoms with E-state index in [4.69, 9.17) is 0 Å². The van der Waals surface area contributed by atoms with Crippen LogP contribution >= 0.6 is 0 Å². The standard InChI is InChI=1S/C13H22N2O2/c1-13(7-3-4-8-13)12(17)15-10-6-2-5-9-14-11(10)16/h10H,2-9H2,1H3,(H,14,16)(H,15,17)/t10-/m0/s1. The van der Waals surface area contributed by atoms with Crippen molar-refractivity contribution in [2.75, 3.05) is 6.54 Å². The van der Waals surface area contributed by atoms with Crippen molar-refractivity contribution in [1.29, 1.82) is 0 Å². The van der Waals surface area contributed by atoms with E-state index >= 15 is 0 Å². The van der Waals surface area contributed by atoms with Gasteiger partial charge in [0.15, 0.2) is 0 Å². The molecule has 0 unspecified atom stereocenters. The number of nitrogens with one attached hydrogen (secondary N) is 2. The van der Waals surface area contributed by atoms with Crippen LogP contribution in [0.1, 0.15) is 51.9 Å². The average Bonchev–Trinajstić information content (AvgIpc) is 2.65. The molecule has 2 amide bonds. The largest absolute Gasteiger partial charge is 0.354 e. The Morgan fingerprint density at radius 2 is 2.00 bits per heavy atom. The van der Waals surface area contributed by atoms with Gasteiger partial charge in [-0.05, 0) is 32.1 Å². The second kappa shape index (κ2) is 5.07. The van der Waals surface area contributed by atoms with Crippen LogP contribution in [0.15, 0.2) is 0 Å². The highest BCUT2D eigenvalue weighted by Crippen LogP contribution is 2.37. The van der Waals surface area contributed by atoms with E-state index < -0.39 is 0 Å². The first kappa shape index (κ1) is 12.4. The van der Waals surface area contributed by atoms with Crippen molar-refractivity contribution in [3.63, 3.8) is 0 Å². The summed E-state index contributed by atoms with van der Waals surface area (Å²) in [6.07, 6.45) is 6.94. The van der Waals surface area contributed by atoms with Crippen LogP contribution in [0, 0.1) is 5.41 Å². The van der Waals surface area contributed by atoms with Crippen LogP contribution < -0.4 is 10.6 Å². The minimum Gasteiger partial charge on any atom is -0.354 e. The molecule has 4 heteroatoms. The van der Waals surface area contributed by atoms with Gasteiger partial charge < -0.3 is 10.6 Å². The summed E-state index contributed by atoms with van der Waals surface area (Å²) >= 11 is 0. The second-order valence-electron chi connectivity index (χ2n) is 5.58. The summed E-state index contributed by atoms with van der Waals surface area (Å²) in [7, 11) is 0. The van der Waals surface area contributed by atoms with Crippen molar-refractivity contribution >= 4 is 11.8 Å². The third-order valence-electron chi connectivity index (χ3n) is 4.10. The third-order valence-corrected chi connectivity index (χ3v) is 4.10. The highest BCUT2D eigenvalue weighted by molar-refractivity contribution is 5.90. The molecule has 1 atom stereocenters. The molecule has 4 nitrogen and oxygen atoms in total. The number of rotatable bonds is 2. The molecule has 0 aromatic carbocycles. The van der Waals surface area contributed by atoms with Crippen LogP contribution in [0.25, 0.3) is 0 Å². The number of hydrogen-bond donors (Lipinski definition) is 2. The highest BCUT2D eigenvalue weighted by atomic mass is 16.2. The Bertz CT molecular complexity index is 309. The van der Waals surface area contributed by atoms with Crippen LogP contribution in [-0.4, -0.2) is 24.4 Å². The first-order valence-electron chi connectivity index (χ1n) is 6.70. The lowest BCUT2D eigenvalue weighted by atomic mass is 9.87. The molecular weight excluding hydrogens is 216 g/mol. The molecule has 2 aliphatic rings. The van der Waals surface area contributed by atoms with Crippen LogP contribution in [0.5, 0.6) is 0 Å². The first-order valence-corrected chi connectivity index (χ1v) is 6.70. The summed E-state index contributed by atoms with van der Waals surface area (Å²) in [5, 5.41) is 5.79. The fourth-order valence-corrected chi connectivity index (χ4v) is 2.79. The van der Waals surface area contributed by atoms with Crippen molar-refractivity contribution < 1.29 is 9.59 Å². The molecule has 0 spiro atoms. The Kier molecular flexibility index (Phi) is 3.69. The van der Waals surface area contributed by atoms with Gasteiger partial charge >= 0.3 is 0 Å². The van der Waals surface area contributed by atoms with Crippen LogP contribution in [0.2, 0.25) is 0 Å². The molecule has 0 aromatic rings. The van der Waals surface area contributed by atoms with Crippen molar-refractivity contribution in [3.05, 3.63) is 0 Å². The summed E-state index contributed by atoms with van der Waals surface area (Å²) in [6, 6.07) is -0.317. The molecule has 0 radical (unpaired) electrons. The Balaban J connectivity index is 1.94. The summed E-state index contributed by atoms with van der Waals surface area (Å²) < 4.78 is 0. The number of hydrogen-bond acceptors (Lipinski definition) is 2. The van der Waals surface area contributed by atoms with Crippen molar-refractivity contribution in [2.45, 2.75) is 57.9 Å². The van der Waals surface area contributed by atoms with E-state index in [-0.39, 0.29) is 23.3 Å². The average molecular weight is 238 g/mol. The number of amides is 2. The van der Waals surface area contributed by atoms with Gasteiger partial charge in [-0.1, -0.05) is 19.8 Å². The molecule has 2 fully saturated rings. The Hall–Kier alpha value is -1.06. The van der Waals surface area contributed by atoms with E-state index in [0.717, 1.165) is 51.5 Å². The normalized spacial score (nSPS) is 28.3. The Labute approximate surface area is 103 Å². The predicted molar refractivity (Wildman–Crippen MR) is 65.4 cm³/mol. The van der Waals surface area contributed by atoms with E-state index in [9.17, 15) is 9.59 Å². The van der Waals surface area contributed by atoms with E-state index in [1.807, 2.05) is 6.92 Å². The van der Waals surface area contributed by atoms with Gasteiger partial charge in [0.05, 0.1) is 0 Å². The minimum absolute atomic E-state index is 0.0163. The Morgan fingerprint density at radius 3 is 2.71 bits per heavy atom. The topological polar surface area (TPSA) is 58.2 Å². The lowest BCUT2D eigenvalue weighted by molar-refractivity contribution is -0.134. The molecule has 0 bridgehead atoms. The summed E-state index contributed by atoms with van der Waals surface area (Å²) in [5.74, 6) is 0.0505. The van der Waals surface area contributed by atoms with Gasteiger partial charge in [0.1, 0.15) is 6.04 Å². The van der Waals surface area contributed by atoms with Crippen molar-refractivity contribution in [2.24, 2.45) is 5.41 Å². The smallest absolute Gasteiger partial charge is 0.242 e. The third kappa shape index (κ3) is 2.79. The SMILES string of the molecule is CC1(C(=O)N[C@H]2CCCCNC2=O)CCCC1. The molecule has 1 aliphatic carbocycles. The van der Waals surface area contributed by atoms with Gasteiger partial charge in [-0.15, -0.1) is 0 Å². The van der Waals surface area contributed by atoms with E-state index in [1.54, 1.807) is 0 Å². The zero-order chi connectivity index (χ0) is 12.3. The Morgan fingerprint density at radius 1 is 1.29 bits per heavy atom. The zero-order valence-corrected chi connectivity index (χ0v) is 10.6. The van der Waals surface area contributed by atoms with Gasteiger partial charge in [-0.3, -0.25) is 9.59 Å². The minimum atomic E-state index is -0.317. The molecular formula is C13H22N2O2. The molecule has 1 aliphatic heterocycles. The van der Waals surface area contributed by atoms with Gasteiger partial charge in [-0.2, -0.15) is 0 Å². The van der Waals surface area contributed by atoms with Crippen LogP contribution in [0.4, 0.5) is 0 Å². The zero-order valence-electron chi connectivity index (χ0n) is 10.6. The molecule has 17 heavy (non-hydrogen) atoms. The summed E-state index contributed by atoms with van der Waals surface area (Å²) in [6.45, 7) is 2.76. The number of carbonyl (C=O) groups is 2. The lowest BCUT2D eigenvalue weighted by Gasteiger charge is -2.25. The molecule has 0 aromatic heterocycles. The maximum Gasteiger partial charge on any atom is 0.242 e. The van der Waals surface area contributed by atoms with Gasteiger partial charge in [-0.25, -0.2) is 0 Å². The fraction of sp³-hybridized carbons (Fsp3) is 0.846. The maximum atomic E-state index is 12.2. The van der Waals surface area contributed by atoms with Gasteiger partial charge in [0.25, 0.3) is 0 Å². The van der Waals surface area contributed by atoms with Gasteiger partial charge in [0, 0.05) is 12.0 Å². The number of carbonyl (C=O) groups excluding carboxylic acids is 2. The molecule has 2 N–H and O–H groups in total. The summed E-state index contributed by atoms with van der Waals surface area (Å²) in [5.41, 5.74) is -0.243. The van der Waals surface area contributed by atoms with E-state index in [1.165, 1.54) is 0 Å². The second-order valence-corrected chi connectivity index (χ2v) is 5.58. The van der Waals surface area contributed by atoms with Gasteiger partial charge in [0.2, 0.25) is 11.8 Å². The van der Waals surface area contributed by atoms with E-state index in [0.29, 0.717) is 0 Å². The fourth-order valence-electron chi connectivity index (χ4n) is 2.79. The molecule has 2 rings (SSSR count). The van der Waals surface area contributed by atoms with Crippen LogP contribution in [0.3, 0.4) is 0 Å².